The number of amides is 1. The fourth-order valence-corrected chi connectivity index (χ4v) is 3.00. The second kappa shape index (κ2) is 5.83. The maximum Gasteiger partial charge on any atom is 0.304 e. The van der Waals surface area contributed by atoms with Crippen LogP contribution < -0.4 is 10.2 Å². The molecule has 0 saturated carbocycles. The van der Waals surface area contributed by atoms with Crippen molar-refractivity contribution in [2.45, 2.75) is 18.4 Å². The van der Waals surface area contributed by atoms with Crippen molar-refractivity contribution in [3.05, 3.63) is 29.8 Å². The van der Waals surface area contributed by atoms with E-state index in [1.54, 1.807) is 4.90 Å². The number of nitrogens with one attached hydrogen (secondary N) is 1. The largest absolute Gasteiger partial charge is 0.481 e. The number of nitrogens with zero attached hydrogens (tertiary/aromatic N) is 1. The Hall–Kier alpha value is -1.92. The molecule has 1 amide bonds. The summed E-state index contributed by atoms with van der Waals surface area (Å²) in [4.78, 5) is 25.3. The lowest BCUT2D eigenvalue weighted by atomic mass is 9.98. The van der Waals surface area contributed by atoms with Crippen LogP contribution in [-0.2, 0) is 14.3 Å². The van der Waals surface area contributed by atoms with Crippen LogP contribution in [0.15, 0.2) is 24.3 Å². The van der Waals surface area contributed by atoms with E-state index in [1.165, 1.54) is 0 Å². The topological polar surface area (TPSA) is 78.9 Å². The minimum Gasteiger partial charge on any atom is -0.481 e. The number of carbonyl (C=O) groups is 2. The molecule has 6 heteroatoms. The fourth-order valence-electron chi connectivity index (χ4n) is 3.00. The van der Waals surface area contributed by atoms with E-state index < -0.39 is 5.97 Å². The predicted octanol–water partition coefficient (Wildman–Crippen LogP) is 0.580. The van der Waals surface area contributed by atoms with E-state index in [9.17, 15) is 9.59 Å². The van der Waals surface area contributed by atoms with Gasteiger partial charge in [0.25, 0.3) is 0 Å². The molecule has 0 spiro atoms. The third-order valence-electron chi connectivity index (χ3n) is 3.98. The average molecular weight is 290 g/mol. The summed E-state index contributed by atoms with van der Waals surface area (Å²) < 4.78 is 5.34. The number of aliphatic carboxylic acids is 1. The van der Waals surface area contributed by atoms with Crippen LogP contribution in [0.25, 0.3) is 0 Å². The Kier molecular flexibility index (Phi) is 3.90. The molecule has 6 nitrogen and oxygen atoms in total. The number of hydrogen-bond acceptors (Lipinski definition) is 4. The van der Waals surface area contributed by atoms with Crippen LogP contribution in [-0.4, -0.2) is 49.3 Å². The van der Waals surface area contributed by atoms with Crippen molar-refractivity contribution in [3.8, 4) is 0 Å². The first kappa shape index (κ1) is 14.0. The molecule has 0 aromatic heterocycles. The summed E-state index contributed by atoms with van der Waals surface area (Å²) in [6, 6.07) is 7.17. The van der Waals surface area contributed by atoms with Crippen LogP contribution in [0.4, 0.5) is 5.69 Å². The van der Waals surface area contributed by atoms with Gasteiger partial charge in [0, 0.05) is 24.7 Å². The van der Waals surface area contributed by atoms with Gasteiger partial charge in [-0.1, -0.05) is 18.2 Å². The summed E-state index contributed by atoms with van der Waals surface area (Å²) in [7, 11) is 0. The molecule has 2 aliphatic heterocycles. The number of rotatable bonds is 3. The third kappa shape index (κ3) is 2.77. The number of fused-ring (bicyclic) bond motifs is 1. The zero-order chi connectivity index (χ0) is 14.8. The molecule has 1 saturated heterocycles. The molecule has 2 heterocycles. The normalized spacial score (nSPS) is 24.7. The minimum atomic E-state index is -0.844. The molecule has 1 aromatic carbocycles. The minimum absolute atomic E-state index is 0.0371. The van der Waals surface area contributed by atoms with Gasteiger partial charge in [-0.3, -0.25) is 9.59 Å². The Balaban J connectivity index is 1.83. The summed E-state index contributed by atoms with van der Waals surface area (Å²) in [6.45, 7) is 2.05. The van der Waals surface area contributed by atoms with Crippen molar-refractivity contribution < 1.29 is 19.4 Å². The molecule has 2 unspecified atom stereocenters. The van der Waals surface area contributed by atoms with Crippen LogP contribution in [0.1, 0.15) is 17.9 Å². The molecule has 112 valence electrons. The molecule has 1 fully saturated rings. The fraction of sp³-hybridized carbons (Fsp3) is 0.467. The van der Waals surface area contributed by atoms with Gasteiger partial charge in [0.15, 0.2) is 0 Å². The van der Waals surface area contributed by atoms with Gasteiger partial charge in [0.05, 0.1) is 19.6 Å². The molecule has 2 atom stereocenters. The SMILES string of the molecule is O=C(O)CC1CN(C(=O)C2COCCN2)c2ccccc21. The van der Waals surface area contributed by atoms with Gasteiger partial charge in [-0.05, 0) is 11.6 Å². The lowest BCUT2D eigenvalue weighted by Gasteiger charge is -2.28. The highest BCUT2D eigenvalue weighted by atomic mass is 16.5. The zero-order valence-corrected chi connectivity index (χ0v) is 11.6. The molecule has 21 heavy (non-hydrogen) atoms. The van der Waals surface area contributed by atoms with Crippen LogP contribution in [0, 0.1) is 0 Å². The predicted molar refractivity (Wildman–Crippen MR) is 76.4 cm³/mol. The summed E-state index contributed by atoms with van der Waals surface area (Å²) >= 11 is 0. The van der Waals surface area contributed by atoms with Gasteiger partial charge in [-0.15, -0.1) is 0 Å². The third-order valence-corrected chi connectivity index (χ3v) is 3.98. The maximum absolute atomic E-state index is 12.6. The first-order valence-electron chi connectivity index (χ1n) is 7.10. The Bertz CT molecular complexity index is 554. The first-order valence-corrected chi connectivity index (χ1v) is 7.10. The summed E-state index contributed by atoms with van der Waals surface area (Å²) in [5.41, 5.74) is 1.76. The Labute approximate surface area is 122 Å². The van der Waals surface area contributed by atoms with Gasteiger partial charge in [-0.2, -0.15) is 0 Å². The second-order valence-corrected chi connectivity index (χ2v) is 5.38. The van der Waals surface area contributed by atoms with Crippen molar-refractivity contribution in [1.29, 1.82) is 0 Å². The van der Waals surface area contributed by atoms with Gasteiger partial charge < -0.3 is 20.1 Å². The monoisotopic (exact) mass is 290 g/mol. The highest BCUT2D eigenvalue weighted by Gasteiger charge is 2.36. The van der Waals surface area contributed by atoms with E-state index in [2.05, 4.69) is 5.32 Å². The van der Waals surface area contributed by atoms with Gasteiger partial charge in [-0.25, -0.2) is 0 Å². The van der Waals surface area contributed by atoms with Gasteiger partial charge in [0.1, 0.15) is 6.04 Å². The summed E-state index contributed by atoms with van der Waals surface area (Å²) in [5.74, 6) is -1.04. The molecule has 1 aromatic rings. The van der Waals surface area contributed by atoms with E-state index in [4.69, 9.17) is 9.84 Å². The molecule has 3 rings (SSSR count). The Morgan fingerprint density at radius 1 is 1.38 bits per heavy atom. The van der Waals surface area contributed by atoms with Crippen LogP contribution in [0.2, 0.25) is 0 Å². The summed E-state index contributed by atoms with van der Waals surface area (Å²) in [6.07, 6.45) is 0.0371. The zero-order valence-electron chi connectivity index (χ0n) is 11.6. The van der Waals surface area contributed by atoms with E-state index in [1.807, 2.05) is 24.3 Å². The molecule has 2 aliphatic rings. The van der Waals surface area contributed by atoms with Crippen molar-refractivity contribution in [2.24, 2.45) is 0 Å². The van der Waals surface area contributed by atoms with Crippen LogP contribution >= 0.6 is 0 Å². The standard InChI is InChI=1S/C15H18N2O4/c18-14(19)7-10-8-17(13-4-2-1-3-11(10)13)15(20)12-9-21-6-5-16-12/h1-4,10,12,16H,5-9H2,(H,18,19). The number of carboxylic acids is 1. The molecule has 0 radical (unpaired) electrons. The average Bonchev–Trinajstić information content (AvgIpc) is 2.86. The number of carboxylic acid groups (broad SMARTS) is 1. The van der Waals surface area contributed by atoms with E-state index in [-0.39, 0.29) is 24.3 Å². The molecular weight excluding hydrogens is 272 g/mol. The first-order chi connectivity index (χ1) is 10.2. The van der Waals surface area contributed by atoms with Crippen molar-refractivity contribution >= 4 is 17.6 Å². The number of carbonyl (C=O) groups excluding carboxylic acids is 1. The Morgan fingerprint density at radius 2 is 2.19 bits per heavy atom. The number of ether oxygens (including phenoxy) is 1. The molecule has 0 aliphatic carbocycles. The van der Waals surface area contributed by atoms with Crippen molar-refractivity contribution in [3.63, 3.8) is 0 Å². The maximum atomic E-state index is 12.6. The highest BCUT2D eigenvalue weighted by molar-refractivity contribution is 5.99. The lowest BCUT2D eigenvalue weighted by Crippen LogP contribution is -2.52. The van der Waals surface area contributed by atoms with Crippen molar-refractivity contribution in [1.82, 2.24) is 5.32 Å². The van der Waals surface area contributed by atoms with Gasteiger partial charge >= 0.3 is 5.97 Å². The molecular formula is C15H18N2O4. The number of morpholine rings is 1. The Morgan fingerprint density at radius 3 is 2.90 bits per heavy atom. The van der Waals surface area contributed by atoms with E-state index in [0.717, 1.165) is 11.3 Å². The number of anilines is 1. The smallest absolute Gasteiger partial charge is 0.304 e. The van der Waals surface area contributed by atoms with Crippen LogP contribution in [0.5, 0.6) is 0 Å². The lowest BCUT2D eigenvalue weighted by molar-refractivity contribution is -0.137. The second-order valence-electron chi connectivity index (χ2n) is 5.38. The van der Waals surface area contributed by atoms with E-state index >= 15 is 0 Å². The number of benzene rings is 1. The highest BCUT2D eigenvalue weighted by Crippen LogP contribution is 2.38. The summed E-state index contributed by atoms with van der Waals surface area (Å²) in [5, 5.41) is 12.2. The molecule has 2 N–H and O–H groups in total. The number of hydrogen-bond donors (Lipinski definition) is 2. The quantitative estimate of drug-likeness (QED) is 0.851. The van der Waals surface area contributed by atoms with Gasteiger partial charge in [0.2, 0.25) is 5.91 Å². The van der Waals surface area contributed by atoms with Crippen LogP contribution in [0.3, 0.4) is 0 Å². The number of para-hydroxylation sites is 1. The van der Waals surface area contributed by atoms with Crippen molar-refractivity contribution in [2.75, 3.05) is 31.2 Å². The molecule has 0 bridgehead atoms. The van der Waals surface area contributed by atoms with E-state index in [0.29, 0.717) is 26.3 Å².